The van der Waals surface area contributed by atoms with E-state index in [-0.39, 0.29) is 22.3 Å². The molecule has 240 valence electrons. The molecular weight excluding hydrogens is 566 g/mol. The Bertz CT molecular complexity index is 1390. The zero-order valence-electron chi connectivity index (χ0n) is 27.7. The van der Waals surface area contributed by atoms with Gasteiger partial charge in [0.25, 0.3) is 0 Å². The minimum Gasteiger partial charge on any atom is -0.494 e. The van der Waals surface area contributed by atoms with Crippen molar-refractivity contribution in [1.29, 1.82) is 0 Å². The van der Waals surface area contributed by atoms with Crippen molar-refractivity contribution < 1.29 is 23.0 Å². The lowest BCUT2D eigenvalue weighted by Crippen LogP contribution is -2.17. The molecule has 0 N–H and O–H groups in total. The highest BCUT2D eigenvalue weighted by Gasteiger charge is 2.22. The Morgan fingerprint density at radius 1 is 0.533 bits per heavy atom. The average molecular weight is 615 g/mol. The first-order valence-electron chi connectivity index (χ1n) is 16.2. The van der Waals surface area contributed by atoms with Crippen molar-refractivity contribution in [3.05, 3.63) is 119 Å². The van der Waals surface area contributed by atoms with E-state index < -0.39 is 11.6 Å². The highest BCUT2D eigenvalue weighted by Crippen LogP contribution is 2.34. The molecule has 0 spiro atoms. The molecule has 0 heterocycles. The van der Waals surface area contributed by atoms with Crippen molar-refractivity contribution in [2.24, 2.45) is 0 Å². The first kappa shape index (κ1) is 34.0. The van der Waals surface area contributed by atoms with Crippen molar-refractivity contribution in [3.63, 3.8) is 0 Å². The van der Waals surface area contributed by atoms with E-state index in [1.54, 1.807) is 24.3 Å². The number of hydrogen-bond donors (Lipinski definition) is 0. The number of hydrogen-bond acceptors (Lipinski definition) is 3. The molecule has 0 fully saturated rings. The van der Waals surface area contributed by atoms with Gasteiger partial charge in [-0.05, 0) is 134 Å². The van der Waals surface area contributed by atoms with E-state index in [1.807, 2.05) is 38.1 Å². The predicted octanol–water partition coefficient (Wildman–Crippen LogP) is 11.2. The highest BCUT2D eigenvalue weighted by molar-refractivity contribution is 5.38. The van der Waals surface area contributed by atoms with Gasteiger partial charge in [0, 0.05) is 0 Å². The zero-order valence-corrected chi connectivity index (χ0v) is 27.7. The monoisotopic (exact) mass is 614 g/mol. The smallest absolute Gasteiger partial charge is 0.165 e. The molecule has 0 aliphatic heterocycles. The molecule has 4 aromatic rings. The number of rotatable bonds is 16. The normalized spacial score (nSPS) is 11.8. The summed E-state index contributed by atoms with van der Waals surface area (Å²) in [6.07, 6.45) is 5.29. The fourth-order valence-corrected chi connectivity index (χ4v) is 5.78. The third kappa shape index (κ3) is 9.56. The molecular formula is C40H48F2O3. The van der Waals surface area contributed by atoms with Crippen LogP contribution in [0.15, 0.2) is 84.9 Å². The Labute approximate surface area is 268 Å². The van der Waals surface area contributed by atoms with Crippen LogP contribution >= 0.6 is 0 Å². The van der Waals surface area contributed by atoms with Gasteiger partial charge >= 0.3 is 0 Å². The van der Waals surface area contributed by atoms with Crippen LogP contribution in [0.25, 0.3) is 0 Å². The lowest BCUT2D eigenvalue weighted by molar-refractivity contribution is 0.339. The Hall–Kier alpha value is -3.86. The van der Waals surface area contributed by atoms with E-state index in [1.165, 1.54) is 23.3 Å². The molecule has 5 heteroatoms. The molecule has 0 aliphatic rings. The fourth-order valence-electron chi connectivity index (χ4n) is 5.78. The average Bonchev–Trinajstić information content (AvgIpc) is 3.01. The molecule has 0 aliphatic carbocycles. The summed E-state index contributed by atoms with van der Waals surface area (Å²) in [5.41, 5.74) is 4.39. The Balaban J connectivity index is 1.34. The molecule has 0 saturated heterocycles. The standard InChI is InChI=1S/C40H48F2O3/c1-7-43-33-19-15-31(16-20-33)39(3,4)25-9-11-29-13-23-35(41)37(27-29)45-38-28-30(14-24-36(38)42)12-10-26-40(5,6)32-17-21-34(22-18-32)44-8-2/h13-24,27-28H,7-12,25-26H2,1-6H3. The van der Waals surface area contributed by atoms with Crippen LogP contribution in [0.2, 0.25) is 0 Å². The van der Waals surface area contributed by atoms with Crippen molar-refractivity contribution in [2.45, 2.75) is 90.9 Å². The van der Waals surface area contributed by atoms with Crippen molar-refractivity contribution >= 4 is 0 Å². The van der Waals surface area contributed by atoms with Gasteiger partial charge in [0.1, 0.15) is 11.5 Å². The second-order valence-corrected chi connectivity index (χ2v) is 13.0. The van der Waals surface area contributed by atoms with Crippen molar-refractivity contribution in [3.8, 4) is 23.0 Å². The molecule has 0 amide bonds. The second kappa shape index (κ2) is 15.4. The van der Waals surface area contributed by atoms with Crippen LogP contribution in [0.5, 0.6) is 23.0 Å². The van der Waals surface area contributed by atoms with Crippen LogP contribution in [-0.4, -0.2) is 13.2 Å². The molecule has 0 unspecified atom stereocenters. The SMILES string of the molecule is CCOc1ccc(C(C)(C)CCCc2ccc(F)c(Oc3cc(CCCC(C)(C)c4ccc(OCC)cc4)ccc3F)c2)cc1. The first-order valence-corrected chi connectivity index (χ1v) is 16.2. The van der Waals surface area contributed by atoms with Crippen LogP contribution in [0.3, 0.4) is 0 Å². The van der Waals surface area contributed by atoms with E-state index in [2.05, 4.69) is 52.0 Å². The quantitative estimate of drug-likeness (QED) is 0.126. The van der Waals surface area contributed by atoms with Gasteiger partial charge in [-0.15, -0.1) is 0 Å². The van der Waals surface area contributed by atoms with E-state index in [4.69, 9.17) is 14.2 Å². The minimum atomic E-state index is -0.504. The molecule has 0 radical (unpaired) electrons. The van der Waals surface area contributed by atoms with Crippen LogP contribution < -0.4 is 14.2 Å². The topological polar surface area (TPSA) is 27.7 Å². The highest BCUT2D eigenvalue weighted by atomic mass is 19.1. The maximum absolute atomic E-state index is 14.8. The maximum atomic E-state index is 14.8. The molecule has 0 aromatic heterocycles. The van der Waals surface area contributed by atoms with Crippen LogP contribution in [0.1, 0.15) is 89.5 Å². The summed E-state index contributed by atoms with van der Waals surface area (Å²) in [7, 11) is 0. The number of benzene rings is 4. The summed E-state index contributed by atoms with van der Waals surface area (Å²) in [4.78, 5) is 0. The molecule has 4 aromatic carbocycles. The first-order chi connectivity index (χ1) is 21.5. The van der Waals surface area contributed by atoms with E-state index in [0.717, 1.165) is 61.2 Å². The maximum Gasteiger partial charge on any atom is 0.165 e. The Morgan fingerprint density at radius 3 is 1.27 bits per heavy atom. The summed E-state index contributed by atoms with van der Waals surface area (Å²) in [6, 6.07) is 26.3. The van der Waals surface area contributed by atoms with Crippen LogP contribution in [0.4, 0.5) is 8.78 Å². The molecule has 4 rings (SSSR count). The van der Waals surface area contributed by atoms with Crippen LogP contribution in [-0.2, 0) is 23.7 Å². The number of aryl methyl sites for hydroxylation is 2. The summed E-state index contributed by atoms with van der Waals surface area (Å²) >= 11 is 0. The predicted molar refractivity (Wildman–Crippen MR) is 180 cm³/mol. The van der Waals surface area contributed by atoms with Gasteiger partial charge in [-0.2, -0.15) is 0 Å². The molecule has 45 heavy (non-hydrogen) atoms. The van der Waals surface area contributed by atoms with Gasteiger partial charge in [0.15, 0.2) is 23.1 Å². The van der Waals surface area contributed by atoms with E-state index in [9.17, 15) is 8.78 Å². The molecule has 0 atom stereocenters. The van der Waals surface area contributed by atoms with Gasteiger partial charge in [-0.3, -0.25) is 0 Å². The largest absolute Gasteiger partial charge is 0.494 e. The Morgan fingerprint density at radius 2 is 0.911 bits per heavy atom. The summed E-state index contributed by atoms with van der Waals surface area (Å²) in [6.45, 7) is 14.2. The fraction of sp³-hybridized carbons (Fsp3) is 0.400. The zero-order chi connectivity index (χ0) is 32.5. The minimum absolute atomic E-state index is 0.0168. The van der Waals surface area contributed by atoms with Gasteiger partial charge in [-0.1, -0.05) is 64.1 Å². The van der Waals surface area contributed by atoms with Gasteiger partial charge < -0.3 is 14.2 Å². The number of ether oxygens (including phenoxy) is 3. The van der Waals surface area contributed by atoms with Crippen LogP contribution in [0, 0.1) is 11.6 Å². The van der Waals surface area contributed by atoms with Crippen molar-refractivity contribution in [2.75, 3.05) is 13.2 Å². The summed E-state index contributed by atoms with van der Waals surface area (Å²) < 4.78 is 46.6. The molecule has 0 saturated carbocycles. The lowest BCUT2D eigenvalue weighted by Gasteiger charge is -2.25. The summed E-state index contributed by atoms with van der Waals surface area (Å²) in [5, 5.41) is 0. The second-order valence-electron chi connectivity index (χ2n) is 13.0. The molecule has 0 bridgehead atoms. The lowest BCUT2D eigenvalue weighted by atomic mass is 9.80. The third-order valence-corrected chi connectivity index (χ3v) is 8.64. The molecule has 3 nitrogen and oxygen atoms in total. The van der Waals surface area contributed by atoms with Crippen molar-refractivity contribution in [1.82, 2.24) is 0 Å². The van der Waals surface area contributed by atoms with E-state index >= 15 is 0 Å². The summed E-state index contributed by atoms with van der Waals surface area (Å²) in [5.74, 6) is 0.839. The van der Waals surface area contributed by atoms with E-state index in [0.29, 0.717) is 13.2 Å². The van der Waals surface area contributed by atoms with Gasteiger partial charge in [0.2, 0.25) is 0 Å². The van der Waals surface area contributed by atoms with Gasteiger partial charge in [-0.25, -0.2) is 8.78 Å². The third-order valence-electron chi connectivity index (χ3n) is 8.64. The van der Waals surface area contributed by atoms with Gasteiger partial charge in [0.05, 0.1) is 13.2 Å². The number of halogens is 2. The Kier molecular flexibility index (Phi) is 11.7.